The Morgan fingerprint density at radius 1 is 1.23 bits per heavy atom. The number of amides is 1. The molecule has 0 atom stereocenters. The van der Waals surface area contributed by atoms with Crippen LogP contribution in [0.25, 0.3) is 0 Å². The van der Waals surface area contributed by atoms with Crippen molar-refractivity contribution in [1.82, 2.24) is 5.32 Å². The Kier molecular flexibility index (Phi) is 5.06. The van der Waals surface area contributed by atoms with Crippen LogP contribution in [-0.4, -0.2) is 18.1 Å². The summed E-state index contributed by atoms with van der Waals surface area (Å²) in [6.45, 7) is -0.0000844. The molecule has 0 aromatic heterocycles. The molecule has 6 heteroatoms. The van der Waals surface area contributed by atoms with Crippen molar-refractivity contribution < 1.29 is 23.4 Å². The van der Waals surface area contributed by atoms with E-state index < -0.39 is 23.1 Å². The van der Waals surface area contributed by atoms with E-state index in [4.69, 9.17) is 9.84 Å². The van der Waals surface area contributed by atoms with Crippen molar-refractivity contribution in [3.63, 3.8) is 0 Å². The molecule has 0 aliphatic carbocycles. The average Bonchev–Trinajstić information content (AvgIpc) is 2.55. The van der Waals surface area contributed by atoms with Gasteiger partial charge in [-0.1, -0.05) is 24.3 Å². The topological polar surface area (TPSA) is 58.6 Å². The maximum atomic E-state index is 13.8. The second kappa shape index (κ2) is 7.00. The third-order valence-corrected chi connectivity index (χ3v) is 3.13. The number of benzene rings is 2. The van der Waals surface area contributed by atoms with Gasteiger partial charge in [0.05, 0.1) is 13.7 Å². The first-order valence-corrected chi connectivity index (χ1v) is 6.55. The number of carbonyl (C=O) groups is 1. The van der Waals surface area contributed by atoms with Gasteiger partial charge in [0.15, 0.2) is 11.6 Å². The number of rotatable bonds is 5. The van der Waals surface area contributed by atoms with E-state index >= 15 is 0 Å². The van der Waals surface area contributed by atoms with Crippen LogP contribution in [0.15, 0.2) is 36.4 Å². The van der Waals surface area contributed by atoms with E-state index in [0.717, 1.165) is 11.6 Å². The van der Waals surface area contributed by atoms with Gasteiger partial charge in [0.1, 0.15) is 11.3 Å². The van der Waals surface area contributed by atoms with Gasteiger partial charge < -0.3 is 15.2 Å². The molecule has 0 aliphatic heterocycles. The van der Waals surface area contributed by atoms with Crippen LogP contribution >= 0.6 is 0 Å². The Morgan fingerprint density at radius 3 is 2.64 bits per heavy atom. The molecule has 1 amide bonds. The van der Waals surface area contributed by atoms with Crippen LogP contribution in [0.3, 0.4) is 0 Å². The fourth-order valence-electron chi connectivity index (χ4n) is 2.02. The number of nitrogens with one attached hydrogen (secondary N) is 1. The van der Waals surface area contributed by atoms with Gasteiger partial charge in [0.2, 0.25) is 0 Å². The molecule has 22 heavy (non-hydrogen) atoms. The monoisotopic (exact) mass is 307 g/mol. The SMILES string of the molecule is COc1ccc(F)c(F)c1C(=O)NCc1cccc(CO)c1. The maximum absolute atomic E-state index is 13.8. The Morgan fingerprint density at radius 2 is 1.95 bits per heavy atom. The van der Waals surface area contributed by atoms with E-state index in [0.29, 0.717) is 5.56 Å². The Labute approximate surface area is 126 Å². The molecule has 2 rings (SSSR count). The van der Waals surface area contributed by atoms with Gasteiger partial charge in [-0.2, -0.15) is 0 Å². The molecule has 0 fully saturated rings. The van der Waals surface area contributed by atoms with Gasteiger partial charge in [-0.3, -0.25) is 4.79 Å². The summed E-state index contributed by atoms with van der Waals surface area (Å²) >= 11 is 0. The molecule has 2 aromatic rings. The molecular weight excluding hydrogens is 292 g/mol. The molecule has 0 saturated heterocycles. The molecular formula is C16H15F2NO3. The summed E-state index contributed by atoms with van der Waals surface area (Å²) in [5.41, 5.74) is 0.956. The second-order valence-electron chi connectivity index (χ2n) is 4.60. The zero-order valence-electron chi connectivity index (χ0n) is 11.9. The second-order valence-corrected chi connectivity index (χ2v) is 4.60. The largest absolute Gasteiger partial charge is 0.496 e. The van der Waals surface area contributed by atoms with E-state index in [1.54, 1.807) is 24.3 Å². The minimum absolute atomic E-state index is 0.0412. The van der Waals surface area contributed by atoms with Gasteiger partial charge in [-0.15, -0.1) is 0 Å². The van der Waals surface area contributed by atoms with Gasteiger partial charge in [0.25, 0.3) is 5.91 Å². The summed E-state index contributed by atoms with van der Waals surface area (Å²) in [5.74, 6) is -3.18. The standard InChI is InChI=1S/C16H15F2NO3/c1-22-13-6-5-12(17)15(18)14(13)16(21)19-8-10-3-2-4-11(7-10)9-20/h2-7,20H,8-9H2,1H3,(H,19,21). The lowest BCUT2D eigenvalue weighted by molar-refractivity contribution is 0.0942. The minimum Gasteiger partial charge on any atom is -0.496 e. The highest BCUT2D eigenvalue weighted by molar-refractivity contribution is 5.97. The average molecular weight is 307 g/mol. The summed E-state index contributed by atoms with van der Waals surface area (Å²) in [6, 6.07) is 9.02. The maximum Gasteiger partial charge on any atom is 0.258 e. The van der Waals surface area contributed by atoms with Crippen molar-refractivity contribution >= 4 is 5.91 Å². The fourth-order valence-corrected chi connectivity index (χ4v) is 2.02. The summed E-state index contributed by atoms with van der Waals surface area (Å²) < 4.78 is 32.0. The highest BCUT2D eigenvalue weighted by Crippen LogP contribution is 2.23. The number of carbonyl (C=O) groups excluding carboxylic acids is 1. The molecule has 0 radical (unpaired) electrons. The summed E-state index contributed by atoms with van der Waals surface area (Å²) in [7, 11) is 1.27. The van der Waals surface area contributed by atoms with Crippen molar-refractivity contribution in [2.45, 2.75) is 13.2 Å². The summed E-state index contributed by atoms with van der Waals surface area (Å²) in [6.07, 6.45) is 0. The lowest BCUT2D eigenvalue weighted by Gasteiger charge is -2.11. The number of aliphatic hydroxyl groups is 1. The molecule has 2 aromatic carbocycles. The number of hydrogen-bond acceptors (Lipinski definition) is 3. The molecule has 0 saturated carbocycles. The molecule has 0 spiro atoms. The normalized spacial score (nSPS) is 10.4. The van der Waals surface area contributed by atoms with Gasteiger partial charge in [0, 0.05) is 6.54 Å². The number of hydrogen-bond donors (Lipinski definition) is 2. The predicted molar refractivity (Wildman–Crippen MR) is 76.4 cm³/mol. The van der Waals surface area contributed by atoms with Gasteiger partial charge in [-0.25, -0.2) is 8.78 Å². The van der Waals surface area contributed by atoms with E-state index in [1.807, 2.05) is 0 Å². The van der Waals surface area contributed by atoms with Crippen LogP contribution in [0.5, 0.6) is 5.75 Å². The number of methoxy groups -OCH3 is 1. The van der Waals surface area contributed by atoms with Crippen LogP contribution < -0.4 is 10.1 Å². The lowest BCUT2D eigenvalue weighted by Crippen LogP contribution is -2.25. The molecule has 0 unspecified atom stereocenters. The first-order chi connectivity index (χ1) is 10.6. The predicted octanol–water partition coefficient (Wildman–Crippen LogP) is 2.40. The summed E-state index contributed by atoms with van der Waals surface area (Å²) in [5, 5.41) is 11.6. The third kappa shape index (κ3) is 3.40. The summed E-state index contributed by atoms with van der Waals surface area (Å²) in [4.78, 5) is 12.1. The first kappa shape index (κ1) is 15.9. The number of aliphatic hydroxyl groups excluding tert-OH is 1. The van der Waals surface area contributed by atoms with E-state index in [1.165, 1.54) is 13.2 Å². The van der Waals surface area contributed by atoms with Crippen molar-refractivity contribution in [3.8, 4) is 5.75 Å². The fraction of sp³-hybridized carbons (Fsp3) is 0.188. The zero-order valence-corrected chi connectivity index (χ0v) is 11.9. The smallest absolute Gasteiger partial charge is 0.258 e. The van der Waals surface area contributed by atoms with Crippen LogP contribution in [-0.2, 0) is 13.2 Å². The van der Waals surface area contributed by atoms with Gasteiger partial charge in [-0.05, 0) is 23.3 Å². The minimum atomic E-state index is -1.25. The molecule has 0 aliphatic rings. The Hall–Kier alpha value is -2.47. The number of ether oxygens (including phenoxy) is 1. The van der Waals surface area contributed by atoms with E-state index in [2.05, 4.69) is 5.32 Å². The molecule has 0 heterocycles. The zero-order chi connectivity index (χ0) is 16.1. The van der Waals surface area contributed by atoms with Crippen LogP contribution in [0.2, 0.25) is 0 Å². The lowest BCUT2D eigenvalue weighted by atomic mass is 10.1. The van der Waals surface area contributed by atoms with E-state index in [9.17, 15) is 13.6 Å². The molecule has 4 nitrogen and oxygen atoms in total. The number of halogens is 2. The Bertz CT molecular complexity index is 689. The van der Waals surface area contributed by atoms with Gasteiger partial charge >= 0.3 is 0 Å². The highest BCUT2D eigenvalue weighted by Gasteiger charge is 2.21. The third-order valence-electron chi connectivity index (χ3n) is 3.13. The van der Waals surface area contributed by atoms with E-state index in [-0.39, 0.29) is 18.9 Å². The van der Waals surface area contributed by atoms with Crippen molar-refractivity contribution in [3.05, 3.63) is 64.7 Å². The Balaban J connectivity index is 2.17. The van der Waals surface area contributed by atoms with Crippen molar-refractivity contribution in [2.75, 3.05) is 7.11 Å². The quantitative estimate of drug-likeness (QED) is 0.892. The molecule has 2 N–H and O–H groups in total. The van der Waals surface area contributed by atoms with Crippen LogP contribution in [0.4, 0.5) is 8.78 Å². The molecule has 0 bridgehead atoms. The highest BCUT2D eigenvalue weighted by atomic mass is 19.2. The molecule has 116 valence electrons. The first-order valence-electron chi connectivity index (χ1n) is 6.55. The van der Waals surface area contributed by atoms with Crippen LogP contribution in [0, 0.1) is 11.6 Å². The van der Waals surface area contributed by atoms with Crippen molar-refractivity contribution in [2.24, 2.45) is 0 Å². The van der Waals surface area contributed by atoms with Crippen LogP contribution in [0.1, 0.15) is 21.5 Å². The van der Waals surface area contributed by atoms with Crippen molar-refractivity contribution in [1.29, 1.82) is 0 Å².